The van der Waals surface area contributed by atoms with E-state index in [1.807, 2.05) is 0 Å². The maximum absolute atomic E-state index is 3.43. The highest BCUT2D eigenvalue weighted by atomic mass is 15.2. The quantitative estimate of drug-likeness (QED) is 0.808. The fraction of sp³-hybridized carbons (Fsp3) is 0.500. The minimum absolute atomic E-state index is 0.732. The van der Waals surface area contributed by atoms with E-state index in [1.165, 1.54) is 55.2 Å². The van der Waals surface area contributed by atoms with Crippen molar-refractivity contribution in [2.75, 3.05) is 13.1 Å². The molecular weight excluding hydrogens is 220 g/mol. The average molecular weight is 240 g/mol. The number of hydrogen-bond acceptors (Lipinski definition) is 1. The van der Waals surface area contributed by atoms with Crippen LogP contribution in [0.3, 0.4) is 0 Å². The Labute approximate surface area is 108 Å². The first kappa shape index (κ1) is 10.6. The van der Waals surface area contributed by atoms with Gasteiger partial charge < -0.3 is 4.98 Å². The Kier molecular flexibility index (Phi) is 2.44. The maximum atomic E-state index is 3.43. The third-order valence-corrected chi connectivity index (χ3v) is 4.86. The van der Waals surface area contributed by atoms with Crippen LogP contribution >= 0.6 is 0 Å². The van der Waals surface area contributed by atoms with Crippen molar-refractivity contribution < 1.29 is 0 Å². The summed E-state index contributed by atoms with van der Waals surface area (Å²) >= 11 is 0. The lowest BCUT2D eigenvalue weighted by Gasteiger charge is -2.35. The third-order valence-electron chi connectivity index (χ3n) is 4.86. The van der Waals surface area contributed by atoms with Crippen molar-refractivity contribution in [3.8, 4) is 0 Å². The van der Waals surface area contributed by atoms with Crippen LogP contribution in [0.4, 0.5) is 0 Å². The highest BCUT2D eigenvalue weighted by Crippen LogP contribution is 2.37. The summed E-state index contributed by atoms with van der Waals surface area (Å²) in [5, 5.41) is 1.43. The number of para-hydroxylation sites is 1. The molecule has 2 aliphatic heterocycles. The summed E-state index contributed by atoms with van der Waals surface area (Å²) in [5.41, 5.74) is 2.83. The van der Waals surface area contributed by atoms with Crippen molar-refractivity contribution in [3.63, 3.8) is 0 Å². The average Bonchev–Trinajstić information content (AvgIpc) is 3.04. The highest BCUT2D eigenvalue weighted by molar-refractivity contribution is 5.83. The van der Waals surface area contributed by atoms with Gasteiger partial charge in [0.1, 0.15) is 0 Å². The molecule has 1 aromatic carbocycles. The van der Waals surface area contributed by atoms with E-state index in [2.05, 4.69) is 40.3 Å². The lowest BCUT2D eigenvalue weighted by Crippen LogP contribution is -2.37. The van der Waals surface area contributed by atoms with Crippen LogP contribution in [0.1, 0.15) is 37.2 Å². The van der Waals surface area contributed by atoms with Gasteiger partial charge in [-0.3, -0.25) is 4.90 Å². The Morgan fingerprint density at radius 3 is 3.06 bits per heavy atom. The van der Waals surface area contributed by atoms with Crippen LogP contribution in [0.25, 0.3) is 10.9 Å². The molecule has 2 aliphatic rings. The Morgan fingerprint density at radius 2 is 2.06 bits per heavy atom. The molecule has 2 atom stereocenters. The molecule has 2 heteroatoms. The second kappa shape index (κ2) is 4.13. The molecular formula is C16H20N2. The molecule has 3 heterocycles. The standard InChI is InChI=1S/C16H20N2/c1-2-6-16-14(5-1)15(10-17-16)12-7-8-13-4-3-9-18(13)11-12/h1-2,5-6,10,12-13,17H,3-4,7-9,11H2. The predicted molar refractivity (Wildman–Crippen MR) is 74.9 cm³/mol. The Morgan fingerprint density at radius 1 is 1.11 bits per heavy atom. The SMILES string of the molecule is c1ccc2c(C3CCC4CCCN4C3)c[nH]c2c1. The smallest absolute Gasteiger partial charge is 0.0456 e. The minimum Gasteiger partial charge on any atom is -0.361 e. The van der Waals surface area contributed by atoms with Gasteiger partial charge in [-0.1, -0.05) is 18.2 Å². The number of aromatic nitrogens is 1. The topological polar surface area (TPSA) is 19.0 Å². The summed E-state index contributed by atoms with van der Waals surface area (Å²) in [7, 11) is 0. The molecule has 94 valence electrons. The molecule has 0 radical (unpaired) electrons. The highest BCUT2D eigenvalue weighted by Gasteiger charge is 2.32. The number of hydrogen-bond donors (Lipinski definition) is 1. The molecule has 1 aromatic heterocycles. The van der Waals surface area contributed by atoms with Gasteiger partial charge in [-0.25, -0.2) is 0 Å². The summed E-state index contributed by atoms with van der Waals surface area (Å²) in [6.45, 7) is 2.59. The lowest BCUT2D eigenvalue weighted by atomic mass is 9.87. The van der Waals surface area contributed by atoms with Crippen LogP contribution in [0.5, 0.6) is 0 Å². The minimum atomic E-state index is 0.732. The summed E-state index contributed by atoms with van der Waals surface area (Å²) in [6.07, 6.45) is 7.84. The fourth-order valence-corrected chi connectivity index (χ4v) is 3.92. The summed E-state index contributed by atoms with van der Waals surface area (Å²) in [4.78, 5) is 6.14. The normalized spacial score (nSPS) is 28.7. The van der Waals surface area contributed by atoms with E-state index in [9.17, 15) is 0 Å². The number of nitrogens with one attached hydrogen (secondary N) is 1. The van der Waals surface area contributed by atoms with Gasteiger partial charge in [-0.15, -0.1) is 0 Å². The molecule has 2 fully saturated rings. The zero-order chi connectivity index (χ0) is 11.9. The number of rotatable bonds is 1. The predicted octanol–water partition coefficient (Wildman–Crippen LogP) is 3.51. The molecule has 4 rings (SSSR count). The van der Waals surface area contributed by atoms with Gasteiger partial charge in [0.25, 0.3) is 0 Å². The molecule has 0 amide bonds. The number of nitrogens with zero attached hydrogens (tertiary/aromatic N) is 1. The summed E-state index contributed by atoms with van der Waals surface area (Å²) in [6, 6.07) is 9.60. The van der Waals surface area contributed by atoms with E-state index in [0.29, 0.717) is 0 Å². The van der Waals surface area contributed by atoms with E-state index >= 15 is 0 Å². The van der Waals surface area contributed by atoms with Crippen molar-refractivity contribution in [1.82, 2.24) is 9.88 Å². The zero-order valence-electron chi connectivity index (χ0n) is 10.7. The number of aromatic amines is 1. The third kappa shape index (κ3) is 1.59. The zero-order valence-corrected chi connectivity index (χ0v) is 10.7. The molecule has 2 aromatic rings. The van der Waals surface area contributed by atoms with Gasteiger partial charge in [0.15, 0.2) is 0 Å². The van der Waals surface area contributed by atoms with E-state index in [-0.39, 0.29) is 0 Å². The molecule has 0 bridgehead atoms. The van der Waals surface area contributed by atoms with E-state index < -0.39 is 0 Å². The molecule has 1 N–H and O–H groups in total. The molecule has 0 spiro atoms. The van der Waals surface area contributed by atoms with Crippen molar-refractivity contribution in [3.05, 3.63) is 36.0 Å². The maximum Gasteiger partial charge on any atom is 0.0456 e. The van der Waals surface area contributed by atoms with Crippen molar-refractivity contribution >= 4 is 10.9 Å². The van der Waals surface area contributed by atoms with Gasteiger partial charge in [-0.05, 0) is 49.8 Å². The van der Waals surface area contributed by atoms with E-state index in [0.717, 1.165) is 12.0 Å². The fourth-order valence-electron chi connectivity index (χ4n) is 3.92. The van der Waals surface area contributed by atoms with E-state index in [4.69, 9.17) is 0 Å². The number of fused-ring (bicyclic) bond motifs is 2. The molecule has 2 saturated heterocycles. The van der Waals surface area contributed by atoms with Gasteiger partial charge in [0.05, 0.1) is 0 Å². The molecule has 18 heavy (non-hydrogen) atoms. The van der Waals surface area contributed by atoms with Crippen LogP contribution in [0, 0.1) is 0 Å². The first-order valence-corrected chi connectivity index (χ1v) is 7.22. The van der Waals surface area contributed by atoms with Gasteiger partial charge >= 0.3 is 0 Å². The van der Waals surface area contributed by atoms with Gasteiger partial charge in [0.2, 0.25) is 0 Å². The first-order valence-electron chi connectivity index (χ1n) is 7.22. The van der Waals surface area contributed by atoms with E-state index in [1.54, 1.807) is 0 Å². The second-order valence-corrected chi connectivity index (χ2v) is 5.85. The largest absolute Gasteiger partial charge is 0.361 e. The monoisotopic (exact) mass is 240 g/mol. The van der Waals surface area contributed by atoms with Crippen LogP contribution in [-0.4, -0.2) is 29.0 Å². The Bertz CT molecular complexity index is 557. The van der Waals surface area contributed by atoms with Crippen LogP contribution < -0.4 is 0 Å². The molecule has 0 aliphatic carbocycles. The number of piperidine rings is 1. The van der Waals surface area contributed by atoms with Gasteiger partial charge in [0, 0.05) is 29.7 Å². The van der Waals surface area contributed by atoms with Crippen molar-refractivity contribution in [1.29, 1.82) is 0 Å². The first-order chi connectivity index (χ1) is 8.92. The summed E-state index contributed by atoms with van der Waals surface area (Å²) < 4.78 is 0. The van der Waals surface area contributed by atoms with Crippen molar-refractivity contribution in [2.24, 2.45) is 0 Å². The molecule has 2 nitrogen and oxygen atoms in total. The number of H-pyrrole nitrogens is 1. The number of benzene rings is 1. The van der Waals surface area contributed by atoms with Crippen LogP contribution in [0.2, 0.25) is 0 Å². The lowest BCUT2D eigenvalue weighted by molar-refractivity contribution is 0.179. The van der Waals surface area contributed by atoms with Crippen LogP contribution in [0.15, 0.2) is 30.5 Å². The van der Waals surface area contributed by atoms with Crippen LogP contribution in [-0.2, 0) is 0 Å². The Hall–Kier alpha value is -1.28. The van der Waals surface area contributed by atoms with Gasteiger partial charge in [-0.2, -0.15) is 0 Å². The summed E-state index contributed by atoms with van der Waals surface area (Å²) in [5.74, 6) is 0.732. The Balaban J connectivity index is 1.67. The molecule has 0 saturated carbocycles. The molecule has 2 unspecified atom stereocenters. The van der Waals surface area contributed by atoms with Crippen molar-refractivity contribution in [2.45, 2.75) is 37.6 Å². The second-order valence-electron chi connectivity index (χ2n) is 5.85.